The zero-order chi connectivity index (χ0) is 19.8. The van der Waals surface area contributed by atoms with Gasteiger partial charge in [-0.1, -0.05) is 18.2 Å². The van der Waals surface area contributed by atoms with E-state index in [9.17, 15) is 4.79 Å². The van der Waals surface area contributed by atoms with E-state index in [-0.39, 0.29) is 5.91 Å². The second kappa shape index (κ2) is 9.92. The monoisotopic (exact) mass is 383 g/mol. The van der Waals surface area contributed by atoms with Crippen molar-refractivity contribution in [1.29, 1.82) is 0 Å². The molecule has 0 spiro atoms. The van der Waals surface area contributed by atoms with E-state index in [4.69, 9.17) is 4.74 Å². The largest absolute Gasteiger partial charge is 0.496 e. The Kier molecular flexibility index (Phi) is 7.06. The number of hydrogen-bond donors (Lipinski definition) is 2. The fraction of sp³-hybridized carbons (Fsp3) is 0.476. The van der Waals surface area contributed by atoms with Crippen LogP contribution in [-0.4, -0.2) is 49.2 Å². The molecule has 1 fully saturated rings. The van der Waals surface area contributed by atoms with Crippen molar-refractivity contribution in [3.63, 3.8) is 0 Å². The maximum absolute atomic E-state index is 12.2. The number of anilines is 2. The lowest BCUT2D eigenvalue weighted by Gasteiger charge is -2.28. The van der Waals surface area contributed by atoms with E-state index in [0.29, 0.717) is 25.5 Å². The zero-order valence-electron chi connectivity index (χ0n) is 16.7. The summed E-state index contributed by atoms with van der Waals surface area (Å²) in [5.74, 6) is 2.29. The summed E-state index contributed by atoms with van der Waals surface area (Å²) in [5.41, 5.74) is 1.82. The molecule has 0 radical (unpaired) electrons. The van der Waals surface area contributed by atoms with Crippen LogP contribution in [0.15, 0.2) is 30.3 Å². The summed E-state index contributed by atoms with van der Waals surface area (Å²) in [6.07, 6.45) is 4.01. The molecule has 1 aromatic carbocycles. The van der Waals surface area contributed by atoms with Gasteiger partial charge in [0.25, 0.3) is 0 Å². The molecule has 1 aliphatic heterocycles. The number of hydrogen-bond acceptors (Lipinski definition) is 6. The van der Waals surface area contributed by atoms with E-state index < -0.39 is 0 Å². The number of ether oxygens (including phenoxy) is 1. The SMILES string of the molecule is COc1ccccc1CC(=O)NCCNc1nc(C)cc(N2CCCCC2)n1. The molecule has 7 nitrogen and oxygen atoms in total. The van der Waals surface area contributed by atoms with Crippen LogP contribution in [0.25, 0.3) is 0 Å². The molecule has 2 aromatic rings. The van der Waals surface area contributed by atoms with Gasteiger partial charge in [-0.25, -0.2) is 4.98 Å². The average molecular weight is 383 g/mol. The van der Waals surface area contributed by atoms with Crippen LogP contribution in [0.1, 0.15) is 30.5 Å². The number of carbonyl (C=O) groups is 1. The number of para-hydroxylation sites is 1. The molecule has 150 valence electrons. The van der Waals surface area contributed by atoms with E-state index in [1.807, 2.05) is 37.3 Å². The van der Waals surface area contributed by atoms with Crippen molar-refractivity contribution in [3.8, 4) is 5.75 Å². The van der Waals surface area contributed by atoms with Gasteiger partial charge in [-0.15, -0.1) is 0 Å². The maximum atomic E-state index is 12.2. The highest BCUT2D eigenvalue weighted by Crippen LogP contribution is 2.20. The fourth-order valence-corrected chi connectivity index (χ4v) is 3.38. The van der Waals surface area contributed by atoms with Gasteiger partial charge in [-0.05, 0) is 32.3 Å². The van der Waals surface area contributed by atoms with Gasteiger partial charge < -0.3 is 20.3 Å². The Morgan fingerprint density at radius 3 is 2.71 bits per heavy atom. The minimum Gasteiger partial charge on any atom is -0.496 e. The van der Waals surface area contributed by atoms with Crippen LogP contribution < -0.4 is 20.3 Å². The summed E-state index contributed by atoms with van der Waals surface area (Å²) >= 11 is 0. The number of nitrogens with one attached hydrogen (secondary N) is 2. The third-order valence-corrected chi connectivity index (χ3v) is 4.79. The average Bonchev–Trinajstić information content (AvgIpc) is 2.72. The Bertz CT molecular complexity index is 790. The van der Waals surface area contributed by atoms with E-state index in [1.165, 1.54) is 19.3 Å². The summed E-state index contributed by atoms with van der Waals surface area (Å²) in [6, 6.07) is 9.59. The molecule has 1 saturated heterocycles. The van der Waals surface area contributed by atoms with Crippen LogP contribution in [0.3, 0.4) is 0 Å². The Hall–Kier alpha value is -2.83. The molecule has 3 rings (SSSR count). The number of nitrogens with zero attached hydrogens (tertiary/aromatic N) is 3. The summed E-state index contributed by atoms with van der Waals surface area (Å²) in [6.45, 7) is 5.16. The molecule has 0 bridgehead atoms. The highest BCUT2D eigenvalue weighted by atomic mass is 16.5. The lowest BCUT2D eigenvalue weighted by atomic mass is 10.1. The second-order valence-corrected chi connectivity index (χ2v) is 7.00. The van der Waals surface area contributed by atoms with Crippen molar-refractivity contribution in [2.75, 3.05) is 43.5 Å². The number of methoxy groups -OCH3 is 1. The normalized spacial score (nSPS) is 13.9. The van der Waals surface area contributed by atoms with Crippen molar-refractivity contribution in [1.82, 2.24) is 15.3 Å². The van der Waals surface area contributed by atoms with Crippen LogP contribution >= 0.6 is 0 Å². The first-order chi connectivity index (χ1) is 13.7. The van der Waals surface area contributed by atoms with E-state index in [2.05, 4.69) is 25.5 Å². The minimum atomic E-state index is -0.0366. The molecule has 0 saturated carbocycles. The predicted molar refractivity (Wildman–Crippen MR) is 111 cm³/mol. The van der Waals surface area contributed by atoms with E-state index in [1.54, 1.807) is 7.11 Å². The molecule has 2 heterocycles. The van der Waals surface area contributed by atoms with Gasteiger partial charge >= 0.3 is 0 Å². The quantitative estimate of drug-likeness (QED) is 0.682. The van der Waals surface area contributed by atoms with Crippen molar-refractivity contribution >= 4 is 17.7 Å². The summed E-state index contributed by atoms with van der Waals surface area (Å²) in [7, 11) is 1.61. The third kappa shape index (κ3) is 5.58. The Morgan fingerprint density at radius 1 is 1.14 bits per heavy atom. The van der Waals surface area contributed by atoms with Crippen LogP contribution in [0.2, 0.25) is 0 Å². The molecule has 28 heavy (non-hydrogen) atoms. The van der Waals surface area contributed by atoms with Gasteiger partial charge in [0.2, 0.25) is 11.9 Å². The van der Waals surface area contributed by atoms with Gasteiger partial charge in [0.05, 0.1) is 13.5 Å². The topological polar surface area (TPSA) is 79.4 Å². The van der Waals surface area contributed by atoms with Gasteiger partial charge in [-0.3, -0.25) is 4.79 Å². The highest BCUT2D eigenvalue weighted by molar-refractivity contribution is 5.79. The van der Waals surface area contributed by atoms with E-state index in [0.717, 1.165) is 35.9 Å². The highest BCUT2D eigenvalue weighted by Gasteiger charge is 2.14. The number of benzene rings is 1. The summed E-state index contributed by atoms with van der Waals surface area (Å²) in [4.78, 5) is 23.6. The number of amides is 1. The fourth-order valence-electron chi connectivity index (χ4n) is 3.38. The lowest BCUT2D eigenvalue weighted by molar-refractivity contribution is -0.120. The van der Waals surface area contributed by atoms with Crippen LogP contribution in [-0.2, 0) is 11.2 Å². The molecule has 0 aliphatic carbocycles. The van der Waals surface area contributed by atoms with Crippen LogP contribution in [0, 0.1) is 6.92 Å². The molecule has 0 atom stereocenters. The molecular weight excluding hydrogens is 354 g/mol. The number of rotatable bonds is 8. The lowest BCUT2D eigenvalue weighted by Crippen LogP contribution is -2.31. The molecule has 1 aliphatic rings. The number of aryl methyl sites for hydroxylation is 1. The van der Waals surface area contributed by atoms with Gasteiger partial charge in [-0.2, -0.15) is 4.98 Å². The van der Waals surface area contributed by atoms with Crippen molar-refractivity contribution in [2.24, 2.45) is 0 Å². The molecule has 2 N–H and O–H groups in total. The number of piperidine rings is 1. The van der Waals surface area contributed by atoms with Crippen molar-refractivity contribution in [2.45, 2.75) is 32.6 Å². The Labute approximate surface area is 166 Å². The van der Waals surface area contributed by atoms with Crippen LogP contribution in [0.4, 0.5) is 11.8 Å². The maximum Gasteiger partial charge on any atom is 0.224 e. The minimum absolute atomic E-state index is 0.0366. The first-order valence-corrected chi connectivity index (χ1v) is 9.89. The molecular formula is C21H29N5O2. The smallest absolute Gasteiger partial charge is 0.224 e. The third-order valence-electron chi connectivity index (χ3n) is 4.79. The number of aromatic nitrogens is 2. The summed E-state index contributed by atoms with van der Waals surface area (Å²) < 4.78 is 5.29. The van der Waals surface area contributed by atoms with Gasteiger partial charge in [0.1, 0.15) is 11.6 Å². The molecule has 7 heteroatoms. The van der Waals surface area contributed by atoms with Crippen molar-refractivity contribution in [3.05, 3.63) is 41.6 Å². The second-order valence-electron chi connectivity index (χ2n) is 7.00. The molecule has 1 amide bonds. The van der Waals surface area contributed by atoms with Gasteiger partial charge in [0, 0.05) is 43.5 Å². The predicted octanol–water partition coefficient (Wildman–Crippen LogP) is 2.55. The molecule has 0 unspecified atom stereocenters. The summed E-state index contributed by atoms with van der Waals surface area (Å²) in [5, 5.41) is 6.14. The van der Waals surface area contributed by atoms with E-state index >= 15 is 0 Å². The van der Waals surface area contributed by atoms with Crippen LogP contribution in [0.5, 0.6) is 5.75 Å². The number of carbonyl (C=O) groups excluding carboxylic acids is 1. The Balaban J connectivity index is 1.47. The first-order valence-electron chi connectivity index (χ1n) is 9.89. The van der Waals surface area contributed by atoms with Crippen molar-refractivity contribution < 1.29 is 9.53 Å². The zero-order valence-corrected chi connectivity index (χ0v) is 16.7. The molecule has 1 aromatic heterocycles. The first kappa shape index (κ1) is 19.9. The Morgan fingerprint density at radius 2 is 1.93 bits per heavy atom. The van der Waals surface area contributed by atoms with Gasteiger partial charge in [0.15, 0.2) is 0 Å². The standard InChI is InChI=1S/C21H29N5O2/c1-16-14-19(26-12-6-3-7-13-26)25-21(24-16)23-11-10-22-20(27)15-17-8-4-5-9-18(17)28-2/h4-5,8-9,14H,3,6-7,10-13,15H2,1-2H3,(H,22,27)(H,23,24,25).